The lowest BCUT2D eigenvalue weighted by molar-refractivity contribution is -0.137. The summed E-state index contributed by atoms with van der Waals surface area (Å²) in [5.74, 6) is 0.138. The van der Waals surface area contributed by atoms with Crippen LogP contribution in [-0.2, 0) is 29.2 Å². The van der Waals surface area contributed by atoms with Crippen molar-refractivity contribution in [2.45, 2.75) is 38.6 Å². The first kappa shape index (κ1) is 16.8. The molecule has 2 aromatic rings. The molecule has 2 aliphatic heterocycles. The predicted octanol–water partition coefficient (Wildman–Crippen LogP) is 2.57. The fraction of sp³-hybridized carbons (Fsp3) is 0.526. The number of rotatable bonds is 5. The molecule has 1 amide bonds. The van der Waals surface area contributed by atoms with Gasteiger partial charge in [0.15, 0.2) is 0 Å². The van der Waals surface area contributed by atoms with E-state index >= 15 is 0 Å². The smallest absolute Gasteiger partial charge is 0.248 e. The summed E-state index contributed by atoms with van der Waals surface area (Å²) in [5.41, 5.74) is 1.31. The molecule has 0 bridgehead atoms. The lowest BCUT2D eigenvalue weighted by atomic mass is 10.3. The largest absolute Gasteiger partial charge is 0.365 e. The van der Waals surface area contributed by atoms with Crippen molar-refractivity contribution in [3.8, 4) is 0 Å². The third-order valence-electron chi connectivity index (χ3n) is 5.03. The van der Waals surface area contributed by atoms with Crippen LogP contribution in [0.5, 0.6) is 0 Å². The molecular formula is C19H25N3O2S. The molecule has 0 radical (unpaired) electrons. The molecule has 1 saturated heterocycles. The predicted molar refractivity (Wildman–Crippen MR) is 98.4 cm³/mol. The topological polar surface area (TPSA) is 37.7 Å². The van der Waals surface area contributed by atoms with Crippen LogP contribution in [0.4, 0.5) is 0 Å². The van der Waals surface area contributed by atoms with Crippen molar-refractivity contribution >= 4 is 17.2 Å². The first-order valence-corrected chi connectivity index (χ1v) is 9.94. The van der Waals surface area contributed by atoms with Crippen LogP contribution in [0.3, 0.4) is 0 Å². The second-order valence-corrected chi connectivity index (χ2v) is 7.95. The Morgan fingerprint density at radius 1 is 1.20 bits per heavy atom. The van der Waals surface area contributed by atoms with Crippen LogP contribution in [0.25, 0.3) is 0 Å². The van der Waals surface area contributed by atoms with E-state index in [1.807, 2.05) is 4.90 Å². The van der Waals surface area contributed by atoms with E-state index < -0.39 is 0 Å². The number of ether oxygens (including phenoxy) is 1. The van der Waals surface area contributed by atoms with Crippen molar-refractivity contribution in [1.29, 1.82) is 0 Å². The van der Waals surface area contributed by atoms with E-state index in [9.17, 15) is 4.79 Å². The Labute approximate surface area is 152 Å². The van der Waals surface area contributed by atoms with E-state index in [0.717, 1.165) is 52.1 Å². The highest BCUT2D eigenvalue weighted by atomic mass is 32.1. The van der Waals surface area contributed by atoms with Crippen molar-refractivity contribution in [2.75, 3.05) is 26.2 Å². The van der Waals surface area contributed by atoms with Gasteiger partial charge in [-0.15, -0.1) is 11.3 Å². The van der Waals surface area contributed by atoms with Gasteiger partial charge in [0.05, 0.1) is 6.10 Å². The van der Waals surface area contributed by atoms with Crippen molar-refractivity contribution in [3.63, 3.8) is 0 Å². The molecule has 4 rings (SSSR count). The van der Waals surface area contributed by atoms with E-state index in [1.54, 1.807) is 11.3 Å². The minimum atomic E-state index is 0.0418. The summed E-state index contributed by atoms with van der Waals surface area (Å²) in [7, 11) is 0. The summed E-state index contributed by atoms with van der Waals surface area (Å²) in [6.07, 6.45) is 4.40. The molecule has 1 fully saturated rings. The number of aromatic nitrogens is 1. The number of carbonyl (C=O) groups excluding carboxylic acids is 1. The van der Waals surface area contributed by atoms with Gasteiger partial charge in [0, 0.05) is 56.0 Å². The normalized spacial score (nSPS) is 21.3. The summed E-state index contributed by atoms with van der Waals surface area (Å²) < 4.78 is 8.33. The summed E-state index contributed by atoms with van der Waals surface area (Å²) in [5, 5.41) is 2.12. The zero-order valence-electron chi connectivity index (χ0n) is 14.5. The fourth-order valence-electron chi connectivity index (χ4n) is 3.73. The van der Waals surface area contributed by atoms with E-state index in [-0.39, 0.29) is 18.6 Å². The Kier molecular flexibility index (Phi) is 5.20. The average Bonchev–Trinajstić information content (AvgIpc) is 3.35. The highest BCUT2D eigenvalue weighted by Crippen LogP contribution is 2.20. The third-order valence-corrected chi connectivity index (χ3v) is 5.89. The molecule has 134 valence electrons. The van der Waals surface area contributed by atoms with E-state index in [1.165, 1.54) is 10.6 Å². The molecule has 0 unspecified atom stereocenters. The fourth-order valence-corrected chi connectivity index (χ4v) is 4.47. The molecule has 2 aromatic heterocycles. The molecule has 0 spiro atoms. The Morgan fingerprint density at radius 3 is 2.88 bits per heavy atom. The molecule has 0 aromatic carbocycles. The van der Waals surface area contributed by atoms with Crippen LogP contribution in [0.2, 0.25) is 0 Å². The zero-order chi connectivity index (χ0) is 17.1. The maximum Gasteiger partial charge on any atom is 0.248 e. The molecule has 5 nitrogen and oxygen atoms in total. The number of fused-ring (bicyclic) bond motifs is 1. The van der Waals surface area contributed by atoms with Gasteiger partial charge in [0.1, 0.15) is 6.61 Å². The Morgan fingerprint density at radius 2 is 2.08 bits per heavy atom. The highest BCUT2D eigenvalue weighted by molar-refractivity contribution is 7.09. The lowest BCUT2D eigenvalue weighted by Crippen LogP contribution is -2.37. The van der Waals surface area contributed by atoms with Crippen LogP contribution in [0.1, 0.15) is 23.4 Å². The van der Waals surface area contributed by atoms with E-state index in [0.29, 0.717) is 0 Å². The molecule has 6 heteroatoms. The molecule has 25 heavy (non-hydrogen) atoms. The molecule has 1 atom stereocenters. The van der Waals surface area contributed by atoms with Crippen molar-refractivity contribution in [2.24, 2.45) is 0 Å². The van der Waals surface area contributed by atoms with Gasteiger partial charge < -0.3 is 14.2 Å². The molecule has 4 heterocycles. The third kappa shape index (κ3) is 4.14. The van der Waals surface area contributed by atoms with E-state index in [2.05, 4.69) is 45.3 Å². The summed E-state index contributed by atoms with van der Waals surface area (Å²) in [4.78, 5) is 18.0. The minimum Gasteiger partial charge on any atom is -0.365 e. The molecule has 0 aliphatic carbocycles. The van der Waals surface area contributed by atoms with Gasteiger partial charge in [-0.1, -0.05) is 6.07 Å². The number of amides is 1. The van der Waals surface area contributed by atoms with Gasteiger partial charge >= 0.3 is 0 Å². The van der Waals surface area contributed by atoms with Gasteiger partial charge in [-0.2, -0.15) is 0 Å². The van der Waals surface area contributed by atoms with Gasteiger partial charge in [0.2, 0.25) is 5.91 Å². The van der Waals surface area contributed by atoms with Gasteiger partial charge in [-0.3, -0.25) is 9.69 Å². The zero-order valence-corrected chi connectivity index (χ0v) is 15.3. The quantitative estimate of drug-likeness (QED) is 0.823. The minimum absolute atomic E-state index is 0.0418. The van der Waals surface area contributed by atoms with Gasteiger partial charge in [-0.05, 0) is 36.4 Å². The number of carbonyl (C=O) groups is 1. The van der Waals surface area contributed by atoms with Gasteiger partial charge in [-0.25, -0.2) is 0 Å². The molecule has 0 N–H and O–H groups in total. The standard InChI is InChI=1S/C19H25N3O2S/c23-19(21-7-1-2-8-21)15-24-17-12-20(14-18-6-4-10-25-18)11-16-5-3-9-22(16)13-17/h3-6,9-10,17H,1-2,7-8,11-15H2/t17-/m0/s1. The van der Waals surface area contributed by atoms with Crippen molar-refractivity contribution in [3.05, 3.63) is 46.4 Å². The summed E-state index contributed by atoms with van der Waals surface area (Å²) >= 11 is 1.79. The van der Waals surface area contributed by atoms with Crippen molar-refractivity contribution < 1.29 is 9.53 Å². The highest BCUT2D eigenvalue weighted by Gasteiger charge is 2.24. The SMILES string of the molecule is O=C(CO[C@H]1CN(Cc2cccs2)Cc2cccn2C1)N1CCCC1. The Hall–Kier alpha value is -1.63. The second kappa shape index (κ2) is 7.72. The van der Waals surface area contributed by atoms with Crippen LogP contribution in [0, 0.1) is 0 Å². The number of hydrogen-bond donors (Lipinski definition) is 0. The Bertz CT molecular complexity index is 691. The number of hydrogen-bond acceptors (Lipinski definition) is 4. The van der Waals surface area contributed by atoms with Crippen molar-refractivity contribution in [1.82, 2.24) is 14.4 Å². The molecule has 2 aliphatic rings. The number of thiophene rings is 1. The maximum absolute atomic E-state index is 12.3. The summed E-state index contributed by atoms with van der Waals surface area (Å²) in [6.45, 7) is 5.50. The first-order chi connectivity index (χ1) is 12.3. The maximum atomic E-state index is 12.3. The van der Waals surface area contributed by atoms with Crippen LogP contribution >= 0.6 is 11.3 Å². The van der Waals surface area contributed by atoms with Crippen LogP contribution in [-0.4, -0.2) is 52.6 Å². The van der Waals surface area contributed by atoms with Crippen LogP contribution in [0.15, 0.2) is 35.8 Å². The number of likely N-dealkylation sites (tertiary alicyclic amines) is 1. The number of nitrogens with zero attached hydrogens (tertiary/aromatic N) is 3. The second-order valence-electron chi connectivity index (χ2n) is 6.92. The van der Waals surface area contributed by atoms with Gasteiger partial charge in [0.25, 0.3) is 0 Å². The Balaban J connectivity index is 1.40. The first-order valence-electron chi connectivity index (χ1n) is 9.06. The molecular weight excluding hydrogens is 334 g/mol. The average molecular weight is 359 g/mol. The monoisotopic (exact) mass is 359 g/mol. The van der Waals surface area contributed by atoms with E-state index in [4.69, 9.17) is 4.74 Å². The van der Waals surface area contributed by atoms with Crippen LogP contribution < -0.4 is 0 Å². The molecule has 0 saturated carbocycles. The lowest BCUT2D eigenvalue weighted by Gasteiger charge is -2.24. The summed E-state index contributed by atoms with van der Waals surface area (Å²) in [6, 6.07) is 8.56.